The van der Waals surface area contributed by atoms with Gasteiger partial charge < -0.3 is 19.6 Å². The summed E-state index contributed by atoms with van der Waals surface area (Å²) in [6.07, 6.45) is 1.94. The molecule has 0 spiro atoms. The fourth-order valence-corrected chi connectivity index (χ4v) is 3.23. The summed E-state index contributed by atoms with van der Waals surface area (Å²) in [5, 5.41) is 10.00. The Morgan fingerprint density at radius 3 is 3.13 bits per heavy atom. The minimum atomic E-state index is -2.34. The van der Waals surface area contributed by atoms with E-state index in [1.807, 2.05) is 0 Å². The van der Waals surface area contributed by atoms with Crippen LogP contribution in [-0.2, 0) is 26.5 Å². The Bertz CT molecular complexity index is 990. The van der Waals surface area contributed by atoms with Crippen LogP contribution >= 0.6 is 0 Å². The Hall–Kier alpha value is -2.60. The van der Waals surface area contributed by atoms with Crippen molar-refractivity contribution in [3.63, 3.8) is 0 Å². The number of hydrogen-bond donors (Lipinski definition) is 2. The van der Waals surface area contributed by atoms with E-state index >= 15 is 0 Å². The predicted molar refractivity (Wildman–Crippen MR) is 85.9 cm³/mol. The van der Waals surface area contributed by atoms with Crippen LogP contribution < -0.4 is 0 Å². The highest BCUT2D eigenvalue weighted by Gasteiger charge is 2.30. The maximum atomic E-state index is 13.1. The van der Waals surface area contributed by atoms with E-state index in [-0.39, 0.29) is 12.5 Å². The molecule has 3 heterocycles. The van der Waals surface area contributed by atoms with Crippen LogP contribution in [0.15, 0.2) is 30.6 Å². The summed E-state index contributed by atoms with van der Waals surface area (Å²) < 4.78 is 24.9. The van der Waals surface area contributed by atoms with E-state index < -0.39 is 6.98 Å². The van der Waals surface area contributed by atoms with Crippen LogP contribution in [0, 0.1) is 0 Å². The van der Waals surface area contributed by atoms with Gasteiger partial charge in [0.2, 0.25) is 0 Å². The summed E-state index contributed by atoms with van der Waals surface area (Å²) in [6, 6.07) is 7.09. The summed E-state index contributed by atoms with van der Waals surface area (Å²) >= 11 is 0. The number of nitrogens with zero attached hydrogens (tertiary/aromatic N) is 3. The van der Waals surface area contributed by atoms with Crippen molar-refractivity contribution in [2.24, 2.45) is 6.98 Å². The van der Waals surface area contributed by atoms with Crippen LogP contribution in [0.4, 0.5) is 0 Å². The molecular formula is C17H18N4O2. The first kappa shape index (κ1) is 11.0. The highest BCUT2D eigenvalue weighted by atomic mass is 16.3. The van der Waals surface area contributed by atoms with E-state index in [1.54, 1.807) is 29.2 Å². The normalized spacial score (nSPS) is 17.0. The number of amides is 1. The van der Waals surface area contributed by atoms with Gasteiger partial charge in [-0.1, -0.05) is 18.2 Å². The number of aliphatic hydroxyl groups is 1. The number of rotatable bonds is 3. The SMILES string of the molecule is [2H]C([2H])([2H])n1c2c(c3ccccc31)C(=O)N(Cc1[nH]cnc1CO)CC2. The van der Waals surface area contributed by atoms with E-state index in [0.29, 0.717) is 53.1 Å². The molecule has 0 saturated carbocycles. The molecule has 1 aliphatic rings. The monoisotopic (exact) mass is 313 g/mol. The highest BCUT2D eigenvalue weighted by Crippen LogP contribution is 2.30. The molecule has 2 aromatic heterocycles. The largest absolute Gasteiger partial charge is 0.390 e. The third-order valence-electron chi connectivity index (χ3n) is 4.40. The second-order valence-corrected chi connectivity index (χ2v) is 5.64. The quantitative estimate of drug-likeness (QED) is 0.771. The first-order chi connectivity index (χ1) is 12.4. The van der Waals surface area contributed by atoms with E-state index in [0.717, 1.165) is 0 Å². The number of carbonyl (C=O) groups is 1. The van der Waals surface area contributed by atoms with E-state index in [2.05, 4.69) is 9.97 Å². The first-order valence-electron chi connectivity index (χ1n) is 8.96. The number of carbonyl (C=O) groups excluding carboxylic acids is 1. The summed E-state index contributed by atoms with van der Waals surface area (Å²) in [5.41, 5.74) is 2.75. The molecule has 0 aliphatic carbocycles. The number of aromatic nitrogens is 3. The van der Waals surface area contributed by atoms with E-state index in [4.69, 9.17) is 4.11 Å². The van der Waals surface area contributed by atoms with Crippen LogP contribution in [0.5, 0.6) is 0 Å². The number of H-pyrrole nitrogens is 1. The Kier molecular flexibility index (Phi) is 2.51. The maximum absolute atomic E-state index is 13.1. The molecule has 1 amide bonds. The van der Waals surface area contributed by atoms with Gasteiger partial charge in [-0.3, -0.25) is 4.79 Å². The molecule has 1 aromatic carbocycles. The highest BCUT2D eigenvalue weighted by molar-refractivity contribution is 6.09. The molecule has 1 aliphatic heterocycles. The fourth-order valence-electron chi connectivity index (χ4n) is 3.23. The third kappa shape index (κ3) is 2.06. The molecule has 0 saturated heterocycles. The van der Waals surface area contributed by atoms with E-state index in [9.17, 15) is 9.90 Å². The number of aryl methyl sites for hydroxylation is 1. The molecule has 23 heavy (non-hydrogen) atoms. The average Bonchev–Trinajstić information content (AvgIpc) is 3.18. The van der Waals surface area contributed by atoms with Crippen LogP contribution in [0.1, 0.15) is 31.6 Å². The number of aliphatic hydroxyl groups excluding tert-OH is 1. The van der Waals surface area contributed by atoms with Crippen LogP contribution in [0.25, 0.3) is 10.9 Å². The molecule has 0 bridgehead atoms. The molecule has 4 rings (SSSR count). The number of imidazole rings is 1. The summed E-state index contributed by atoms with van der Waals surface area (Å²) in [6.45, 7) is -1.85. The molecular weight excluding hydrogens is 292 g/mol. The fraction of sp³-hybridized carbons (Fsp3) is 0.294. The van der Waals surface area contributed by atoms with Gasteiger partial charge in [0, 0.05) is 40.7 Å². The zero-order valence-electron chi connectivity index (χ0n) is 15.4. The Labute approximate surface area is 137 Å². The zero-order chi connectivity index (χ0) is 18.5. The lowest BCUT2D eigenvalue weighted by Crippen LogP contribution is -2.37. The van der Waals surface area contributed by atoms with Crippen molar-refractivity contribution >= 4 is 16.8 Å². The van der Waals surface area contributed by atoms with Crippen LogP contribution in [0.3, 0.4) is 0 Å². The maximum Gasteiger partial charge on any atom is 0.256 e. The van der Waals surface area contributed by atoms with Gasteiger partial charge in [-0.15, -0.1) is 0 Å². The molecule has 6 nitrogen and oxygen atoms in total. The number of aromatic amines is 1. The molecule has 6 heteroatoms. The minimum Gasteiger partial charge on any atom is -0.390 e. The molecule has 0 radical (unpaired) electrons. The predicted octanol–water partition coefficient (Wildman–Crippen LogP) is 1.59. The lowest BCUT2D eigenvalue weighted by molar-refractivity contribution is 0.0724. The van der Waals surface area contributed by atoms with Gasteiger partial charge in [0.25, 0.3) is 5.91 Å². The van der Waals surface area contributed by atoms with Crippen molar-refractivity contribution in [2.75, 3.05) is 6.54 Å². The van der Waals surface area contributed by atoms with Crippen molar-refractivity contribution in [2.45, 2.75) is 19.6 Å². The third-order valence-corrected chi connectivity index (χ3v) is 4.40. The van der Waals surface area contributed by atoms with Crippen molar-refractivity contribution in [1.29, 1.82) is 0 Å². The molecule has 0 unspecified atom stereocenters. The average molecular weight is 313 g/mol. The Morgan fingerprint density at radius 1 is 1.43 bits per heavy atom. The van der Waals surface area contributed by atoms with E-state index in [1.165, 1.54) is 10.9 Å². The number of nitrogens with one attached hydrogen (secondary N) is 1. The minimum absolute atomic E-state index is 0.204. The number of hydrogen-bond acceptors (Lipinski definition) is 3. The van der Waals surface area contributed by atoms with Gasteiger partial charge in [0.1, 0.15) is 0 Å². The van der Waals surface area contributed by atoms with Gasteiger partial charge in [-0.2, -0.15) is 0 Å². The summed E-state index contributed by atoms with van der Waals surface area (Å²) in [5.74, 6) is -0.205. The standard InChI is InChI=1S/C17H18N4O2/c1-20-14-5-3-2-4-11(14)16-15(20)6-7-21(17(16)23)8-12-13(9-22)19-10-18-12/h2-5,10,22H,6-9H2,1H3,(H,18,19)/i1D3. The Morgan fingerprint density at radius 2 is 2.30 bits per heavy atom. The van der Waals surface area contributed by atoms with Crippen LogP contribution in [0.2, 0.25) is 0 Å². The smallest absolute Gasteiger partial charge is 0.256 e. The summed E-state index contributed by atoms with van der Waals surface area (Å²) in [4.78, 5) is 21.8. The van der Waals surface area contributed by atoms with Gasteiger partial charge in [-0.05, 0) is 6.07 Å². The zero-order valence-corrected chi connectivity index (χ0v) is 12.4. The van der Waals surface area contributed by atoms with Gasteiger partial charge in [0.15, 0.2) is 0 Å². The topological polar surface area (TPSA) is 74.2 Å². The number of para-hydroxylation sites is 1. The first-order valence-corrected chi connectivity index (χ1v) is 7.46. The Balaban J connectivity index is 1.80. The van der Waals surface area contributed by atoms with Crippen LogP contribution in [-0.4, -0.2) is 37.0 Å². The van der Waals surface area contributed by atoms with Crippen molar-refractivity contribution < 1.29 is 14.0 Å². The molecule has 0 atom stereocenters. The van der Waals surface area contributed by atoms with Crippen molar-refractivity contribution in [1.82, 2.24) is 19.4 Å². The van der Waals surface area contributed by atoms with Crippen molar-refractivity contribution in [3.05, 3.63) is 53.2 Å². The molecule has 2 N–H and O–H groups in total. The lowest BCUT2D eigenvalue weighted by Gasteiger charge is -2.27. The summed E-state index contributed by atoms with van der Waals surface area (Å²) in [7, 11) is 0. The van der Waals surface area contributed by atoms with Gasteiger partial charge in [-0.25, -0.2) is 4.98 Å². The lowest BCUT2D eigenvalue weighted by atomic mass is 10.0. The number of fused-ring (bicyclic) bond motifs is 3. The number of benzene rings is 1. The second kappa shape index (κ2) is 5.24. The molecule has 3 aromatic rings. The van der Waals surface area contributed by atoms with Gasteiger partial charge >= 0.3 is 0 Å². The molecule has 118 valence electrons. The molecule has 0 fully saturated rings. The second-order valence-electron chi connectivity index (χ2n) is 5.64. The van der Waals surface area contributed by atoms with Gasteiger partial charge in [0.05, 0.1) is 36.4 Å². The van der Waals surface area contributed by atoms with Crippen molar-refractivity contribution in [3.8, 4) is 0 Å².